The molecule has 4 rings (SSSR count). The maximum atomic E-state index is 13.1. The van der Waals surface area contributed by atoms with E-state index in [4.69, 9.17) is 0 Å². The number of aromatic nitrogens is 2. The highest BCUT2D eigenvalue weighted by Crippen LogP contribution is 2.25. The number of nitrogens with zero attached hydrogens (tertiary/aromatic N) is 3. The molecule has 146 valence electrons. The van der Waals surface area contributed by atoms with Gasteiger partial charge in [-0.25, -0.2) is 13.4 Å². The summed E-state index contributed by atoms with van der Waals surface area (Å²) in [6.07, 6.45) is 3.10. The van der Waals surface area contributed by atoms with Gasteiger partial charge < -0.3 is 9.88 Å². The smallest absolute Gasteiger partial charge is 0.254 e. The third-order valence-corrected chi connectivity index (χ3v) is 7.41. The highest BCUT2D eigenvalue weighted by molar-refractivity contribution is 9.10. The van der Waals surface area contributed by atoms with E-state index in [1.807, 2.05) is 19.1 Å². The van der Waals surface area contributed by atoms with Gasteiger partial charge in [-0.1, -0.05) is 15.9 Å². The molecule has 0 unspecified atom stereocenters. The number of rotatable bonds is 3. The van der Waals surface area contributed by atoms with E-state index in [1.165, 1.54) is 10.5 Å². The SMILES string of the molecule is Cc1cc(Br)ccc1C(=O)N1CCN(S(=O)(=O)c2c[nH]c3ncccc23)CC1. The molecule has 0 atom stereocenters. The molecule has 0 aliphatic carbocycles. The first kappa shape index (κ1) is 19.1. The number of carbonyl (C=O) groups is 1. The summed E-state index contributed by atoms with van der Waals surface area (Å²) in [4.78, 5) is 21.8. The third-order valence-electron chi connectivity index (χ3n) is 4.98. The van der Waals surface area contributed by atoms with Crippen molar-refractivity contribution < 1.29 is 13.2 Å². The zero-order valence-corrected chi connectivity index (χ0v) is 17.6. The van der Waals surface area contributed by atoms with Crippen LogP contribution in [0.15, 0.2) is 52.1 Å². The van der Waals surface area contributed by atoms with E-state index in [0.717, 1.165) is 10.0 Å². The van der Waals surface area contributed by atoms with E-state index in [9.17, 15) is 13.2 Å². The van der Waals surface area contributed by atoms with Crippen molar-refractivity contribution in [3.63, 3.8) is 0 Å². The predicted octanol–water partition coefficient (Wildman–Crippen LogP) is 2.78. The number of sulfonamides is 1. The van der Waals surface area contributed by atoms with E-state index >= 15 is 0 Å². The number of carbonyl (C=O) groups excluding carboxylic acids is 1. The second-order valence-corrected chi connectivity index (χ2v) is 9.53. The predicted molar refractivity (Wildman–Crippen MR) is 110 cm³/mol. The summed E-state index contributed by atoms with van der Waals surface area (Å²) >= 11 is 3.40. The van der Waals surface area contributed by atoms with Gasteiger partial charge in [0.25, 0.3) is 5.91 Å². The molecule has 0 bridgehead atoms. The Morgan fingerprint density at radius 2 is 1.93 bits per heavy atom. The zero-order valence-electron chi connectivity index (χ0n) is 15.2. The molecule has 28 heavy (non-hydrogen) atoms. The standard InChI is InChI=1S/C19H19BrN4O3S/c1-13-11-14(20)4-5-15(13)19(25)23-7-9-24(10-8-23)28(26,27)17-12-22-18-16(17)3-2-6-21-18/h2-6,11-12H,7-10H2,1H3,(H,21,22). The minimum absolute atomic E-state index is 0.0710. The topological polar surface area (TPSA) is 86.4 Å². The van der Waals surface area contributed by atoms with Crippen molar-refractivity contribution in [1.82, 2.24) is 19.2 Å². The Morgan fingerprint density at radius 1 is 1.18 bits per heavy atom. The lowest BCUT2D eigenvalue weighted by Gasteiger charge is -2.34. The van der Waals surface area contributed by atoms with Gasteiger partial charge in [0.1, 0.15) is 10.5 Å². The Kier molecular flexibility index (Phi) is 4.98. The van der Waals surface area contributed by atoms with Crippen LogP contribution in [0.3, 0.4) is 0 Å². The van der Waals surface area contributed by atoms with Crippen LogP contribution in [0.1, 0.15) is 15.9 Å². The van der Waals surface area contributed by atoms with Gasteiger partial charge >= 0.3 is 0 Å². The van der Waals surface area contributed by atoms with Crippen molar-refractivity contribution in [2.45, 2.75) is 11.8 Å². The highest BCUT2D eigenvalue weighted by Gasteiger charge is 2.32. The quantitative estimate of drug-likeness (QED) is 0.648. The Morgan fingerprint density at radius 3 is 2.64 bits per heavy atom. The summed E-state index contributed by atoms with van der Waals surface area (Å²) in [6.45, 7) is 3.12. The number of H-pyrrole nitrogens is 1. The Bertz CT molecular complexity index is 1150. The number of halogens is 1. The van der Waals surface area contributed by atoms with E-state index in [-0.39, 0.29) is 23.9 Å². The molecule has 7 nitrogen and oxygen atoms in total. The number of amides is 1. The van der Waals surface area contributed by atoms with Crippen molar-refractivity contribution in [2.24, 2.45) is 0 Å². The Labute approximate surface area is 171 Å². The fourth-order valence-corrected chi connectivity index (χ4v) is 5.50. The summed E-state index contributed by atoms with van der Waals surface area (Å²) in [5.74, 6) is -0.0710. The molecular weight excluding hydrogens is 444 g/mol. The first-order valence-electron chi connectivity index (χ1n) is 8.85. The fraction of sp³-hybridized carbons (Fsp3) is 0.263. The average molecular weight is 463 g/mol. The number of benzene rings is 1. The van der Waals surface area contributed by atoms with Crippen molar-refractivity contribution >= 4 is 42.9 Å². The molecule has 1 aliphatic heterocycles. The second kappa shape index (κ2) is 7.31. The summed E-state index contributed by atoms with van der Waals surface area (Å²) in [7, 11) is -3.65. The molecule has 0 spiro atoms. The summed E-state index contributed by atoms with van der Waals surface area (Å²) in [6, 6.07) is 8.99. The molecule has 3 heterocycles. The van der Waals surface area contributed by atoms with Crippen molar-refractivity contribution in [1.29, 1.82) is 0 Å². The van der Waals surface area contributed by atoms with Crippen LogP contribution in [-0.4, -0.2) is 59.7 Å². The van der Waals surface area contributed by atoms with Crippen LogP contribution in [0.2, 0.25) is 0 Å². The summed E-state index contributed by atoms with van der Waals surface area (Å²) < 4.78 is 28.5. The largest absolute Gasteiger partial charge is 0.345 e. The molecule has 9 heteroatoms. The first-order chi connectivity index (χ1) is 13.4. The van der Waals surface area contributed by atoms with E-state index in [1.54, 1.807) is 29.3 Å². The van der Waals surface area contributed by atoms with E-state index in [0.29, 0.717) is 29.7 Å². The van der Waals surface area contributed by atoms with Crippen LogP contribution >= 0.6 is 15.9 Å². The first-order valence-corrected chi connectivity index (χ1v) is 11.1. The third kappa shape index (κ3) is 3.34. The van der Waals surface area contributed by atoms with Crippen LogP contribution in [0, 0.1) is 6.92 Å². The average Bonchev–Trinajstić information content (AvgIpc) is 3.12. The number of hydrogen-bond acceptors (Lipinski definition) is 4. The molecule has 1 aliphatic rings. The van der Waals surface area contributed by atoms with Gasteiger partial charge in [0.2, 0.25) is 10.0 Å². The zero-order chi connectivity index (χ0) is 19.9. The monoisotopic (exact) mass is 462 g/mol. The number of piperazine rings is 1. The molecule has 1 saturated heterocycles. The van der Waals surface area contributed by atoms with Gasteiger partial charge in [0, 0.05) is 54.0 Å². The Balaban J connectivity index is 1.51. The maximum absolute atomic E-state index is 13.1. The van der Waals surface area contributed by atoms with Gasteiger partial charge in [0.05, 0.1) is 0 Å². The van der Waals surface area contributed by atoms with Gasteiger partial charge in [-0.3, -0.25) is 4.79 Å². The van der Waals surface area contributed by atoms with E-state index < -0.39 is 10.0 Å². The van der Waals surface area contributed by atoms with Crippen LogP contribution in [0.4, 0.5) is 0 Å². The maximum Gasteiger partial charge on any atom is 0.254 e. The molecule has 0 saturated carbocycles. The van der Waals surface area contributed by atoms with Gasteiger partial charge in [-0.05, 0) is 42.8 Å². The number of hydrogen-bond donors (Lipinski definition) is 1. The number of aryl methyl sites for hydroxylation is 1. The van der Waals surface area contributed by atoms with E-state index in [2.05, 4.69) is 25.9 Å². The number of aromatic amines is 1. The van der Waals surface area contributed by atoms with Crippen LogP contribution in [0.5, 0.6) is 0 Å². The van der Waals surface area contributed by atoms with Crippen molar-refractivity contribution in [3.05, 3.63) is 58.3 Å². The van der Waals surface area contributed by atoms with Crippen LogP contribution in [0.25, 0.3) is 11.0 Å². The molecule has 3 aromatic rings. The molecule has 1 aromatic carbocycles. The van der Waals surface area contributed by atoms with Crippen LogP contribution < -0.4 is 0 Å². The lowest BCUT2D eigenvalue weighted by molar-refractivity contribution is 0.0697. The molecule has 1 amide bonds. The molecule has 1 fully saturated rings. The minimum atomic E-state index is -3.65. The molecular formula is C19H19BrN4O3S. The normalized spacial score (nSPS) is 15.9. The lowest BCUT2D eigenvalue weighted by Crippen LogP contribution is -2.50. The molecule has 1 N–H and O–H groups in total. The van der Waals surface area contributed by atoms with Crippen molar-refractivity contribution in [3.8, 4) is 0 Å². The fourth-order valence-electron chi connectivity index (χ4n) is 3.45. The molecule has 0 radical (unpaired) electrons. The summed E-state index contributed by atoms with van der Waals surface area (Å²) in [5, 5.41) is 0.575. The molecule has 2 aromatic heterocycles. The van der Waals surface area contributed by atoms with Gasteiger partial charge in [-0.2, -0.15) is 4.31 Å². The number of nitrogens with one attached hydrogen (secondary N) is 1. The van der Waals surface area contributed by atoms with Gasteiger partial charge in [0.15, 0.2) is 0 Å². The highest BCUT2D eigenvalue weighted by atomic mass is 79.9. The van der Waals surface area contributed by atoms with Crippen LogP contribution in [-0.2, 0) is 10.0 Å². The van der Waals surface area contributed by atoms with Crippen molar-refractivity contribution in [2.75, 3.05) is 26.2 Å². The lowest BCUT2D eigenvalue weighted by atomic mass is 10.1. The Hall–Kier alpha value is -2.23. The number of pyridine rings is 1. The second-order valence-electron chi connectivity index (χ2n) is 6.71. The number of fused-ring (bicyclic) bond motifs is 1. The van der Waals surface area contributed by atoms with Gasteiger partial charge in [-0.15, -0.1) is 0 Å². The minimum Gasteiger partial charge on any atom is -0.345 e. The summed E-state index contributed by atoms with van der Waals surface area (Å²) in [5.41, 5.74) is 2.07.